The molecule has 1 rings (SSSR count). The highest BCUT2D eigenvalue weighted by molar-refractivity contribution is 9.10. The average molecular weight is 247 g/mol. The molecule has 13 heavy (non-hydrogen) atoms. The first-order chi connectivity index (χ1) is 6.15. The quantitative estimate of drug-likeness (QED) is 0.808. The highest BCUT2D eigenvalue weighted by Crippen LogP contribution is 2.07. The Balaban J connectivity index is 2.60. The Morgan fingerprint density at radius 3 is 3.00 bits per heavy atom. The third kappa shape index (κ3) is 2.51. The van der Waals surface area contributed by atoms with E-state index in [4.69, 9.17) is 0 Å². The van der Waals surface area contributed by atoms with Crippen LogP contribution >= 0.6 is 15.9 Å². The molecule has 1 aromatic rings. The number of hydrogen-bond acceptors (Lipinski definition) is 3. The van der Waals surface area contributed by atoms with Gasteiger partial charge in [-0.15, -0.1) is 0 Å². The molecule has 0 aliphatic rings. The van der Waals surface area contributed by atoms with Crippen LogP contribution in [0.2, 0.25) is 0 Å². The standard InChI is InChI=1S/C7H11BrN4O/c1-3-5(8)6(13)11-7-9-4-10-12(7)2/h4-5H,3H2,1-2H3,(H,9,10,11,13). The molecule has 1 N–H and O–H groups in total. The van der Waals surface area contributed by atoms with Crippen molar-refractivity contribution in [3.63, 3.8) is 0 Å². The van der Waals surface area contributed by atoms with Crippen LogP contribution in [0, 0.1) is 0 Å². The molecule has 0 saturated carbocycles. The second-order valence-corrected chi connectivity index (χ2v) is 3.68. The fourth-order valence-corrected chi connectivity index (χ4v) is 0.898. The van der Waals surface area contributed by atoms with Crippen molar-refractivity contribution in [3.8, 4) is 0 Å². The van der Waals surface area contributed by atoms with E-state index in [1.165, 1.54) is 11.0 Å². The van der Waals surface area contributed by atoms with Crippen LogP contribution in [0.25, 0.3) is 0 Å². The predicted octanol–water partition coefficient (Wildman–Crippen LogP) is 0.927. The largest absolute Gasteiger partial charge is 0.294 e. The van der Waals surface area contributed by atoms with Crippen molar-refractivity contribution < 1.29 is 4.79 Å². The van der Waals surface area contributed by atoms with Crippen molar-refractivity contribution in [2.45, 2.75) is 18.2 Å². The Labute approximate surface area is 84.7 Å². The third-order valence-electron chi connectivity index (χ3n) is 1.59. The molecule has 5 nitrogen and oxygen atoms in total. The van der Waals surface area contributed by atoms with E-state index in [9.17, 15) is 4.79 Å². The van der Waals surface area contributed by atoms with E-state index in [1.807, 2.05) is 6.92 Å². The molecular weight excluding hydrogens is 236 g/mol. The van der Waals surface area contributed by atoms with Gasteiger partial charge in [0.25, 0.3) is 0 Å². The molecule has 72 valence electrons. The minimum Gasteiger partial charge on any atom is -0.294 e. The van der Waals surface area contributed by atoms with Gasteiger partial charge < -0.3 is 0 Å². The number of halogens is 1. The number of carbonyl (C=O) groups excluding carboxylic acids is 1. The number of amides is 1. The molecule has 1 aromatic heterocycles. The van der Waals surface area contributed by atoms with Gasteiger partial charge in [0.15, 0.2) is 0 Å². The summed E-state index contributed by atoms with van der Waals surface area (Å²) in [4.78, 5) is 15.0. The van der Waals surface area contributed by atoms with Crippen molar-refractivity contribution in [2.75, 3.05) is 5.32 Å². The van der Waals surface area contributed by atoms with Crippen molar-refractivity contribution in [3.05, 3.63) is 6.33 Å². The van der Waals surface area contributed by atoms with Crippen LogP contribution in [0.4, 0.5) is 5.95 Å². The van der Waals surface area contributed by atoms with Crippen LogP contribution in [0.15, 0.2) is 6.33 Å². The van der Waals surface area contributed by atoms with Crippen LogP contribution in [-0.4, -0.2) is 25.5 Å². The van der Waals surface area contributed by atoms with Gasteiger partial charge in [-0.3, -0.25) is 10.1 Å². The minimum absolute atomic E-state index is 0.0985. The molecule has 1 unspecified atom stereocenters. The number of aryl methyl sites for hydroxylation is 1. The van der Waals surface area contributed by atoms with Gasteiger partial charge in [-0.25, -0.2) is 4.68 Å². The first-order valence-corrected chi connectivity index (χ1v) is 4.85. The topological polar surface area (TPSA) is 59.8 Å². The highest BCUT2D eigenvalue weighted by atomic mass is 79.9. The summed E-state index contributed by atoms with van der Waals surface area (Å²) >= 11 is 3.24. The maximum atomic E-state index is 11.4. The third-order valence-corrected chi connectivity index (χ3v) is 2.65. The van der Waals surface area contributed by atoms with Gasteiger partial charge in [-0.1, -0.05) is 22.9 Å². The molecule has 0 fully saturated rings. The summed E-state index contributed by atoms with van der Waals surface area (Å²) in [7, 11) is 1.72. The van der Waals surface area contributed by atoms with Crippen LogP contribution in [0.1, 0.15) is 13.3 Å². The zero-order valence-electron chi connectivity index (χ0n) is 7.49. The van der Waals surface area contributed by atoms with Gasteiger partial charge in [0.2, 0.25) is 11.9 Å². The van der Waals surface area contributed by atoms with E-state index in [0.29, 0.717) is 5.95 Å². The molecule has 1 atom stereocenters. The highest BCUT2D eigenvalue weighted by Gasteiger charge is 2.14. The molecule has 0 bridgehead atoms. The Kier molecular flexibility index (Phi) is 3.41. The van der Waals surface area contributed by atoms with E-state index >= 15 is 0 Å². The van der Waals surface area contributed by atoms with Gasteiger partial charge in [0.1, 0.15) is 6.33 Å². The molecule has 0 aliphatic heterocycles. The molecule has 0 spiro atoms. The Morgan fingerprint density at radius 2 is 2.54 bits per heavy atom. The predicted molar refractivity (Wildman–Crippen MR) is 52.6 cm³/mol. The van der Waals surface area contributed by atoms with Gasteiger partial charge in [-0.2, -0.15) is 10.1 Å². The van der Waals surface area contributed by atoms with Gasteiger partial charge in [0.05, 0.1) is 4.83 Å². The fraction of sp³-hybridized carbons (Fsp3) is 0.571. The van der Waals surface area contributed by atoms with Crippen LogP contribution in [0.3, 0.4) is 0 Å². The Hall–Kier alpha value is -0.910. The molecule has 6 heteroatoms. The number of anilines is 1. The lowest BCUT2D eigenvalue weighted by molar-refractivity contribution is -0.115. The zero-order chi connectivity index (χ0) is 9.84. The van der Waals surface area contributed by atoms with Crippen LogP contribution in [-0.2, 0) is 11.8 Å². The smallest absolute Gasteiger partial charge is 0.240 e. The average Bonchev–Trinajstić information content (AvgIpc) is 2.50. The number of carbonyl (C=O) groups is 1. The van der Waals surface area contributed by atoms with Crippen molar-refractivity contribution in [1.82, 2.24) is 14.8 Å². The molecular formula is C7H11BrN4O. The summed E-state index contributed by atoms with van der Waals surface area (Å²) in [6, 6.07) is 0. The Bertz CT molecular complexity index is 298. The molecule has 0 aliphatic carbocycles. The van der Waals surface area contributed by atoms with Crippen LogP contribution in [0.5, 0.6) is 0 Å². The molecule has 0 saturated heterocycles. The lowest BCUT2D eigenvalue weighted by Crippen LogP contribution is -2.23. The van der Waals surface area contributed by atoms with E-state index in [1.54, 1.807) is 7.05 Å². The normalized spacial score (nSPS) is 12.5. The lowest BCUT2D eigenvalue weighted by Gasteiger charge is -2.06. The molecule has 1 amide bonds. The first kappa shape index (κ1) is 10.2. The first-order valence-electron chi connectivity index (χ1n) is 3.94. The summed E-state index contributed by atoms with van der Waals surface area (Å²) in [6.45, 7) is 1.93. The van der Waals surface area contributed by atoms with Gasteiger partial charge in [-0.05, 0) is 6.42 Å². The van der Waals surface area contributed by atoms with E-state index in [0.717, 1.165) is 6.42 Å². The zero-order valence-corrected chi connectivity index (χ0v) is 9.08. The summed E-state index contributed by atoms with van der Waals surface area (Å²) < 4.78 is 1.51. The van der Waals surface area contributed by atoms with E-state index in [-0.39, 0.29) is 10.7 Å². The molecule has 0 radical (unpaired) electrons. The number of rotatable bonds is 3. The summed E-state index contributed by atoms with van der Waals surface area (Å²) in [6.07, 6.45) is 2.13. The maximum Gasteiger partial charge on any atom is 0.240 e. The SMILES string of the molecule is CCC(Br)C(=O)Nc1ncnn1C. The minimum atomic E-state index is -0.177. The second-order valence-electron chi connectivity index (χ2n) is 2.57. The summed E-state index contributed by atoms with van der Waals surface area (Å²) in [5, 5.41) is 6.47. The lowest BCUT2D eigenvalue weighted by atomic mass is 10.3. The van der Waals surface area contributed by atoms with Gasteiger partial charge >= 0.3 is 0 Å². The van der Waals surface area contributed by atoms with Crippen molar-refractivity contribution >= 4 is 27.8 Å². The molecule has 1 heterocycles. The van der Waals surface area contributed by atoms with E-state index in [2.05, 4.69) is 31.3 Å². The van der Waals surface area contributed by atoms with Crippen LogP contribution < -0.4 is 5.32 Å². The summed E-state index contributed by atoms with van der Waals surface area (Å²) in [5.74, 6) is 0.363. The number of alkyl halides is 1. The number of nitrogens with zero attached hydrogens (tertiary/aromatic N) is 3. The number of hydrogen-bond donors (Lipinski definition) is 1. The van der Waals surface area contributed by atoms with Crippen molar-refractivity contribution in [2.24, 2.45) is 7.05 Å². The second kappa shape index (κ2) is 4.36. The number of aromatic nitrogens is 3. The van der Waals surface area contributed by atoms with Crippen molar-refractivity contribution in [1.29, 1.82) is 0 Å². The maximum absolute atomic E-state index is 11.4. The fourth-order valence-electron chi connectivity index (χ4n) is 0.783. The summed E-state index contributed by atoms with van der Waals surface area (Å²) in [5.41, 5.74) is 0. The monoisotopic (exact) mass is 246 g/mol. The molecule has 0 aromatic carbocycles. The van der Waals surface area contributed by atoms with E-state index < -0.39 is 0 Å². The number of nitrogens with one attached hydrogen (secondary N) is 1. The Morgan fingerprint density at radius 1 is 1.85 bits per heavy atom. The van der Waals surface area contributed by atoms with Gasteiger partial charge in [0, 0.05) is 7.05 Å².